The first-order valence-corrected chi connectivity index (χ1v) is 10.0. The normalized spacial score (nSPS) is 14.0. The molecule has 2 aromatic rings. The molecule has 1 aliphatic carbocycles. The Balaban J connectivity index is 1.81. The van der Waals surface area contributed by atoms with Gasteiger partial charge in [0.1, 0.15) is 5.75 Å². The maximum Gasteiger partial charge on any atom is 0.259 e. The van der Waals surface area contributed by atoms with E-state index in [0.29, 0.717) is 16.7 Å². The third-order valence-corrected chi connectivity index (χ3v) is 5.26. The Bertz CT molecular complexity index is 1040. The van der Waals surface area contributed by atoms with Crippen molar-refractivity contribution in [1.29, 1.82) is 0 Å². The summed E-state index contributed by atoms with van der Waals surface area (Å²) in [5.41, 5.74) is 2.26. The van der Waals surface area contributed by atoms with Crippen LogP contribution in [0.5, 0.6) is 5.75 Å². The Labute approximate surface area is 176 Å². The third kappa shape index (κ3) is 5.21. The van der Waals surface area contributed by atoms with Crippen LogP contribution < -0.4 is 10.3 Å². The number of aromatic nitrogens is 1. The molecular formula is C23H25ClN2O3. The van der Waals surface area contributed by atoms with Gasteiger partial charge in [-0.3, -0.25) is 9.59 Å². The summed E-state index contributed by atoms with van der Waals surface area (Å²) >= 11 is 6.51. The minimum atomic E-state index is -0.252. The summed E-state index contributed by atoms with van der Waals surface area (Å²) < 4.78 is 7.14. The molecule has 1 aliphatic rings. The molecule has 1 saturated carbocycles. The number of benzene rings is 1. The van der Waals surface area contributed by atoms with Gasteiger partial charge in [0.05, 0.1) is 6.04 Å². The number of carbonyl (C=O) groups excluding carboxylic acids is 1. The molecule has 1 fully saturated rings. The first-order chi connectivity index (χ1) is 13.8. The quantitative estimate of drug-likeness (QED) is 0.704. The second kappa shape index (κ2) is 8.75. The van der Waals surface area contributed by atoms with Gasteiger partial charge in [-0.2, -0.15) is 0 Å². The molecule has 0 saturated heterocycles. The number of ether oxygens (including phenoxy) is 1. The van der Waals surface area contributed by atoms with E-state index in [0.717, 1.165) is 16.8 Å². The summed E-state index contributed by atoms with van der Waals surface area (Å²) in [6.45, 7) is 3.66. The van der Waals surface area contributed by atoms with Crippen LogP contribution in [0.1, 0.15) is 42.6 Å². The average molecular weight is 413 g/mol. The van der Waals surface area contributed by atoms with Crippen molar-refractivity contribution in [3.8, 4) is 17.6 Å². The first-order valence-electron chi connectivity index (χ1n) is 9.63. The van der Waals surface area contributed by atoms with E-state index in [2.05, 4.69) is 11.8 Å². The lowest BCUT2D eigenvalue weighted by molar-refractivity contribution is -0.130. The predicted octanol–water partition coefficient (Wildman–Crippen LogP) is 3.65. The van der Waals surface area contributed by atoms with Crippen molar-refractivity contribution in [2.75, 3.05) is 20.7 Å². The predicted molar refractivity (Wildman–Crippen MR) is 114 cm³/mol. The standard InChI is InChI=1S/C23H25ClN2O3/c1-15-11-19(29-14-23(28)25(3)4)13-22(27)26(15)16(2)20-10-9-18(12-21(20)24)8-7-17-5-6-17/h9-13,16-17H,5-6,14H2,1-4H3. The molecule has 1 atom stereocenters. The largest absolute Gasteiger partial charge is 0.484 e. The van der Waals surface area contributed by atoms with Crippen molar-refractivity contribution in [2.45, 2.75) is 32.7 Å². The molecule has 0 bridgehead atoms. The van der Waals surface area contributed by atoms with Gasteiger partial charge in [0.15, 0.2) is 6.61 Å². The highest BCUT2D eigenvalue weighted by Crippen LogP contribution is 2.29. The molecule has 0 aliphatic heterocycles. The number of hydrogen-bond acceptors (Lipinski definition) is 3. The van der Waals surface area contributed by atoms with E-state index in [1.807, 2.05) is 32.0 Å². The number of pyridine rings is 1. The van der Waals surface area contributed by atoms with Crippen molar-refractivity contribution >= 4 is 17.5 Å². The van der Waals surface area contributed by atoms with Gasteiger partial charge in [-0.15, -0.1) is 0 Å². The highest BCUT2D eigenvalue weighted by atomic mass is 35.5. The van der Waals surface area contributed by atoms with Crippen molar-refractivity contribution < 1.29 is 9.53 Å². The van der Waals surface area contributed by atoms with Gasteiger partial charge in [-0.05, 0) is 50.5 Å². The number of aryl methyl sites for hydroxylation is 1. The molecule has 1 heterocycles. The second-order valence-corrected chi connectivity index (χ2v) is 7.98. The Morgan fingerprint density at radius 2 is 2.03 bits per heavy atom. The maximum atomic E-state index is 12.7. The molecule has 29 heavy (non-hydrogen) atoms. The monoisotopic (exact) mass is 412 g/mol. The SMILES string of the molecule is Cc1cc(OCC(=O)N(C)C)cc(=O)n1C(C)c1ccc(C#CC2CC2)cc1Cl. The van der Waals surface area contributed by atoms with E-state index < -0.39 is 0 Å². The van der Waals surface area contributed by atoms with Gasteiger partial charge in [0, 0.05) is 42.4 Å². The number of likely N-dealkylation sites (N-methyl/N-ethyl adjacent to an activating group) is 1. The zero-order valence-electron chi connectivity index (χ0n) is 17.2. The topological polar surface area (TPSA) is 51.5 Å². The zero-order valence-corrected chi connectivity index (χ0v) is 17.9. The lowest BCUT2D eigenvalue weighted by atomic mass is 10.0. The number of halogens is 1. The van der Waals surface area contributed by atoms with Crippen LogP contribution in [0.15, 0.2) is 35.1 Å². The fraction of sp³-hybridized carbons (Fsp3) is 0.391. The number of carbonyl (C=O) groups is 1. The van der Waals surface area contributed by atoms with E-state index >= 15 is 0 Å². The van der Waals surface area contributed by atoms with E-state index in [-0.39, 0.29) is 24.1 Å². The van der Waals surface area contributed by atoms with E-state index in [4.69, 9.17) is 16.3 Å². The molecule has 6 heteroatoms. The fourth-order valence-corrected chi connectivity index (χ4v) is 3.37. The van der Waals surface area contributed by atoms with Gasteiger partial charge in [0.2, 0.25) is 0 Å². The highest BCUT2D eigenvalue weighted by Gasteiger charge is 2.18. The van der Waals surface area contributed by atoms with E-state index in [9.17, 15) is 9.59 Å². The van der Waals surface area contributed by atoms with Crippen LogP contribution >= 0.6 is 11.6 Å². The van der Waals surface area contributed by atoms with Gasteiger partial charge >= 0.3 is 0 Å². The molecular weight excluding hydrogens is 388 g/mol. The summed E-state index contributed by atoms with van der Waals surface area (Å²) in [6.07, 6.45) is 2.36. The van der Waals surface area contributed by atoms with Crippen LogP contribution in [-0.4, -0.2) is 36.1 Å². The minimum absolute atomic E-state index is 0.110. The third-order valence-electron chi connectivity index (χ3n) is 4.93. The Hall–Kier alpha value is -2.71. The smallest absolute Gasteiger partial charge is 0.259 e. The molecule has 1 unspecified atom stereocenters. The second-order valence-electron chi connectivity index (χ2n) is 7.57. The van der Waals surface area contributed by atoms with Crippen molar-refractivity contribution in [1.82, 2.24) is 9.47 Å². The molecule has 3 rings (SSSR count). The van der Waals surface area contributed by atoms with Crippen molar-refractivity contribution in [3.63, 3.8) is 0 Å². The maximum absolute atomic E-state index is 12.7. The van der Waals surface area contributed by atoms with Crippen LogP contribution in [0.4, 0.5) is 0 Å². The van der Waals surface area contributed by atoms with Gasteiger partial charge < -0.3 is 14.2 Å². The molecule has 0 radical (unpaired) electrons. The van der Waals surface area contributed by atoms with Crippen LogP contribution in [0, 0.1) is 24.7 Å². The van der Waals surface area contributed by atoms with Crippen molar-refractivity contribution in [2.24, 2.45) is 5.92 Å². The summed E-state index contributed by atoms with van der Waals surface area (Å²) in [4.78, 5) is 25.9. The summed E-state index contributed by atoms with van der Waals surface area (Å²) in [5, 5.41) is 0.586. The van der Waals surface area contributed by atoms with Crippen molar-refractivity contribution in [3.05, 3.63) is 62.5 Å². The fourth-order valence-electron chi connectivity index (χ4n) is 3.03. The summed E-state index contributed by atoms with van der Waals surface area (Å²) in [7, 11) is 3.31. The average Bonchev–Trinajstić information content (AvgIpc) is 3.48. The summed E-state index contributed by atoms with van der Waals surface area (Å²) in [6, 6.07) is 8.62. The summed E-state index contributed by atoms with van der Waals surface area (Å²) in [5.74, 6) is 7.13. The number of amides is 1. The Morgan fingerprint density at radius 1 is 1.31 bits per heavy atom. The van der Waals surface area contributed by atoms with Crippen LogP contribution in [0.3, 0.4) is 0 Å². The minimum Gasteiger partial charge on any atom is -0.484 e. The molecule has 5 nitrogen and oxygen atoms in total. The number of rotatable bonds is 5. The molecule has 1 aromatic carbocycles. The lowest BCUT2D eigenvalue weighted by Crippen LogP contribution is -2.29. The van der Waals surface area contributed by atoms with Crippen LogP contribution in [0.25, 0.3) is 0 Å². The molecule has 0 spiro atoms. The number of nitrogens with zero attached hydrogens (tertiary/aromatic N) is 2. The van der Waals surface area contributed by atoms with Gasteiger partial charge in [-0.25, -0.2) is 0 Å². The first kappa shape index (κ1) is 21.0. The lowest BCUT2D eigenvalue weighted by Gasteiger charge is -2.20. The van der Waals surface area contributed by atoms with Crippen LogP contribution in [0.2, 0.25) is 5.02 Å². The van der Waals surface area contributed by atoms with Gasteiger partial charge in [0.25, 0.3) is 11.5 Å². The number of hydrogen-bond donors (Lipinski definition) is 0. The zero-order chi connectivity index (χ0) is 21.1. The molecule has 1 aromatic heterocycles. The molecule has 0 N–H and O–H groups in total. The Kier molecular flexibility index (Phi) is 6.34. The molecule has 152 valence electrons. The highest BCUT2D eigenvalue weighted by molar-refractivity contribution is 6.31. The van der Waals surface area contributed by atoms with E-state index in [1.54, 1.807) is 24.7 Å². The van der Waals surface area contributed by atoms with Crippen LogP contribution in [-0.2, 0) is 4.79 Å². The Morgan fingerprint density at radius 3 is 2.62 bits per heavy atom. The van der Waals surface area contributed by atoms with Gasteiger partial charge in [-0.1, -0.05) is 29.5 Å². The molecule has 1 amide bonds. The van der Waals surface area contributed by atoms with E-state index in [1.165, 1.54) is 23.8 Å².